The minimum Gasteiger partial charge on any atom is -0.348 e. The average molecular weight is 371 g/mol. The number of hydrogen-bond donors (Lipinski definition) is 2. The number of rotatable bonds is 4. The lowest BCUT2D eigenvalue weighted by Crippen LogP contribution is -2.40. The van der Waals surface area contributed by atoms with Crippen molar-refractivity contribution >= 4 is 5.91 Å². The van der Waals surface area contributed by atoms with Gasteiger partial charge in [-0.25, -0.2) is 9.07 Å². The van der Waals surface area contributed by atoms with E-state index in [4.69, 9.17) is 5.73 Å². The number of carbonyl (C=O) groups excluding carboxylic acids is 1. The number of nitrogens with one attached hydrogen (secondary N) is 1. The number of aromatic nitrogens is 3. The zero-order valence-electron chi connectivity index (χ0n) is 13.6. The normalized spacial score (nSPS) is 20.3. The van der Waals surface area contributed by atoms with E-state index < -0.39 is 29.3 Å². The topological polar surface area (TPSA) is 85.8 Å². The number of carbonyl (C=O) groups is 1. The van der Waals surface area contributed by atoms with Crippen molar-refractivity contribution in [2.45, 2.75) is 31.5 Å². The Labute approximate surface area is 146 Å². The minimum atomic E-state index is -4.90. The van der Waals surface area contributed by atoms with Gasteiger partial charge in [0, 0.05) is 6.04 Å². The van der Waals surface area contributed by atoms with Crippen molar-refractivity contribution in [3.05, 3.63) is 41.5 Å². The van der Waals surface area contributed by atoms with E-state index in [2.05, 4.69) is 15.6 Å². The molecule has 1 saturated carbocycles. The molecule has 10 heteroatoms. The fourth-order valence-corrected chi connectivity index (χ4v) is 3.22. The summed E-state index contributed by atoms with van der Waals surface area (Å²) >= 11 is 0. The van der Waals surface area contributed by atoms with Crippen LogP contribution in [0.15, 0.2) is 24.3 Å². The molecule has 1 aliphatic carbocycles. The van der Waals surface area contributed by atoms with Gasteiger partial charge in [-0.15, -0.1) is 5.10 Å². The maximum absolute atomic E-state index is 13.6. The maximum atomic E-state index is 13.6. The third-order valence-corrected chi connectivity index (χ3v) is 4.48. The van der Waals surface area contributed by atoms with Gasteiger partial charge in [-0.05, 0) is 43.5 Å². The van der Waals surface area contributed by atoms with Gasteiger partial charge in [0.25, 0.3) is 5.91 Å². The first-order chi connectivity index (χ1) is 12.3. The van der Waals surface area contributed by atoms with Crippen LogP contribution in [0.4, 0.5) is 17.6 Å². The number of amides is 1. The van der Waals surface area contributed by atoms with Gasteiger partial charge in [-0.2, -0.15) is 13.2 Å². The monoisotopic (exact) mass is 371 g/mol. The number of alkyl halides is 3. The summed E-state index contributed by atoms with van der Waals surface area (Å²) in [5.41, 5.74) is 3.27. The van der Waals surface area contributed by atoms with Gasteiger partial charge in [-0.3, -0.25) is 4.79 Å². The minimum absolute atomic E-state index is 0.0200. The Morgan fingerprint density at radius 3 is 2.77 bits per heavy atom. The lowest BCUT2D eigenvalue weighted by Gasteiger charge is -2.19. The van der Waals surface area contributed by atoms with Crippen LogP contribution in [0.25, 0.3) is 5.69 Å². The van der Waals surface area contributed by atoms with Crippen LogP contribution in [-0.4, -0.2) is 33.5 Å². The van der Waals surface area contributed by atoms with Crippen LogP contribution in [0, 0.1) is 11.7 Å². The Kier molecular flexibility index (Phi) is 4.94. The molecule has 3 rings (SSSR count). The molecule has 2 atom stereocenters. The van der Waals surface area contributed by atoms with Crippen LogP contribution < -0.4 is 11.1 Å². The number of hydrogen-bond acceptors (Lipinski definition) is 4. The van der Waals surface area contributed by atoms with Crippen molar-refractivity contribution in [1.82, 2.24) is 20.3 Å². The maximum Gasteiger partial charge on any atom is 0.435 e. The Balaban J connectivity index is 1.96. The van der Waals surface area contributed by atoms with E-state index in [1.807, 2.05) is 0 Å². The molecule has 1 aromatic heterocycles. The lowest BCUT2D eigenvalue weighted by atomic mass is 10.0. The molecule has 1 fully saturated rings. The van der Waals surface area contributed by atoms with Crippen molar-refractivity contribution in [3.8, 4) is 5.69 Å². The van der Waals surface area contributed by atoms with Gasteiger partial charge in [0.1, 0.15) is 5.82 Å². The summed E-state index contributed by atoms with van der Waals surface area (Å²) < 4.78 is 54.4. The second kappa shape index (κ2) is 7.02. The van der Waals surface area contributed by atoms with E-state index in [1.165, 1.54) is 12.1 Å². The van der Waals surface area contributed by atoms with Gasteiger partial charge < -0.3 is 11.1 Å². The molecule has 0 aliphatic heterocycles. The molecule has 140 valence electrons. The molecule has 26 heavy (non-hydrogen) atoms. The molecule has 1 aromatic carbocycles. The van der Waals surface area contributed by atoms with Gasteiger partial charge >= 0.3 is 6.18 Å². The predicted molar refractivity (Wildman–Crippen MR) is 84.0 cm³/mol. The van der Waals surface area contributed by atoms with Crippen LogP contribution in [0.3, 0.4) is 0 Å². The third kappa shape index (κ3) is 3.55. The van der Waals surface area contributed by atoms with E-state index in [1.54, 1.807) is 0 Å². The lowest BCUT2D eigenvalue weighted by molar-refractivity contribution is -0.143. The number of nitrogens with two attached hydrogens (primary N) is 1. The molecule has 1 heterocycles. The van der Waals surface area contributed by atoms with E-state index in [0.29, 0.717) is 17.6 Å². The summed E-state index contributed by atoms with van der Waals surface area (Å²) in [4.78, 5) is 12.4. The molecule has 1 amide bonds. The first-order valence-corrected chi connectivity index (χ1v) is 8.11. The number of halogens is 4. The van der Waals surface area contributed by atoms with Crippen molar-refractivity contribution in [1.29, 1.82) is 0 Å². The van der Waals surface area contributed by atoms with E-state index in [0.717, 1.165) is 25.0 Å². The average Bonchev–Trinajstić information content (AvgIpc) is 3.20. The fraction of sp³-hybridized carbons (Fsp3) is 0.438. The zero-order chi connectivity index (χ0) is 18.9. The Morgan fingerprint density at radius 2 is 2.12 bits per heavy atom. The number of nitrogens with zero attached hydrogens (tertiary/aromatic N) is 3. The van der Waals surface area contributed by atoms with Crippen molar-refractivity contribution in [2.75, 3.05) is 6.54 Å². The molecule has 2 aromatic rings. The smallest absolute Gasteiger partial charge is 0.348 e. The largest absolute Gasteiger partial charge is 0.435 e. The van der Waals surface area contributed by atoms with Gasteiger partial charge in [0.2, 0.25) is 0 Å². The van der Waals surface area contributed by atoms with Crippen LogP contribution in [0.5, 0.6) is 0 Å². The standard InChI is InChI=1S/C16H17F4N5O/c17-10-4-2-5-11(7-10)25-14(16(18,19)20)13(23-24-25)15(26)22-12-6-1-3-9(12)8-21/h2,4-5,7,9,12H,1,3,6,8,21H2,(H,22,26). The molecular formula is C16H17F4N5O. The Morgan fingerprint density at radius 1 is 1.35 bits per heavy atom. The SMILES string of the molecule is NCC1CCCC1NC(=O)c1nnn(-c2cccc(F)c2)c1C(F)(F)F. The molecule has 1 aliphatic rings. The van der Waals surface area contributed by atoms with Crippen LogP contribution >= 0.6 is 0 Å². The highest BCUT2D eigenvalue weighted by Gasteiger charge is 2.42. The third-order valence-electron chi connectivity index (χ3n) is 4.48. The molecule has 0 bridgehead atoms. The Hall–Kier alpha value is -2.49. The number of benzene rings is 1. The molecule has 6 nitrogen and oxygen atoms in total. The van der Waals surface area contributed by atoms with E-state index >= 15 is 0 Å². The summed E-state index contributed by atoms with van der Waals surface area (Å²) in [7, 11) is 0. The first-order valence-electron chi connectivity index (χ1n) is 8.11. The summed E-state index contributed by atoms with van der Waals surface area (Å²) in [6.07, 6.45) is -2.60. The molecule has 0 radical (unpaired) electrons. The fourth-order valence-electron chi connectivity index (χ4n) is 3.22. The van der Waals surface area contributed by atoms with Gasteiger partial charge in [-0.1, -0.05) is 17.7 Å². The van der Waals surface area contributed by atoms with Crippen LogP contribution in [-0.2, 0) is 6.18 Å². The van der Waals surface area contributed by atoms with Crippen molar-refractivity contribution < 1.29 is 22.4 Å². The second-order valence-electron chi connectivity index (χ2n) is 6.18. The summed E-state index contributed by atoms with van der Waals surface area (Å²) in [6, 6.07) is 4.17. The summed E-state index contributed by atoms with van der Waals surface area (Å²) in [6.45, 7) is 0.340. The molecule has 0 saturated heterocycles. The van der Waals surface area contributed by atoms with Crippen LogP contribution in [0.1, 0.15) is 35.4 Å². The Bertz CT molecular complexity index is 804. The van der Waals surface area contributed by atoms with Crippen molar-refractivity contribution in [3.63, 3.8) is 0 Å². The predicted octanol–water partition coefficient (Wildman–Crippen LogP) is 2.28. The quantitative estimate of drug-likeness (QED) is 0.808. The molecule has 2 unspecified atom stereocenters. The second-order valence-corrected chi connectivity index (χ2v) is 6.18. The summed E-state index contributed by atoms with van der Waals surface area (Å²) in [5.74, 6) is -1.68. The zero-order valence-corrected chi connectivity index (χ0v) is 13.6. The van der Waals surface area contributed by atoms with Gasteiger partial charge in [0.05, 0.1) is 5.69 Å². The van der Waals surface area contributed by atoms with Crippen LogP contribution in [0.2, 0.25) is 0 Å². The highest BCUT2D eigenvalue weighted by molar-refractivity contribution is 5.93. The highest BCUT2D eigenvalue weighted by atomic mass is 19.4. The van der Waals surface area contributed by atoms with Crippen molar-refractivity contribution in [2.24, 2.45) is 11.7 Å². The van der Waals surface area contributed by atoms with E-state index in [-0.39, 0.29) is 17.6 Å². The molecule has 0 spiro atoms. The molecular weight excluding hydrogens is 354 g/mol. The summed E-state index contributed by atoms with van der Waals surface area (Å²) in [5, 5.41) is 9.41. The van der Waals surface area contributed by atoms with Gasteiger partial charge in [0.15, 0.2) is 11.4 Å². The first kappa shape index (κ1) is 18.3. The molecule has 3 N–H and O–H groups in total. The van der Waals surface area contributed by atoms with E-state index in [9.17, 15) is 22.4 Å². The highest BCUT2D eigenvalue weighted by Crippen LogP contribution is 2.33.